The number of hydrogen-bond acceptors (Lipinski definition) is 2. The molecule has 8 heteroatoms. The van der Waals surface area contributed by atoms with E-state index in [1.54, 1.807) is 0 Å². The van der Waals surface area contributed by atoms with Crippen LogP contribution in [0.25, 0.3) is 0 Å². The zero-order valence-corrected chi connectivity index (χ0v) is 12.5. The minimum atomic E-state index is -5.22. The Balaban J connectivity index is 0.000000370. The number of rotatable bonds is 3. The standard InChI is InChI=1S/C10H21N.C2F6S/c1-3-4-8-11-9-6-5-7-10(11)2;3-1(4,5)9-2(6,7)8/h10H,3-9H2,1-2H3;. The quantitative estimate of drug-likeness (QED) is 0.637. The minimum Gasteiger partial charge on any atom is -0.301 e. The van der Waals surface area contributed by atoms with Crippen molar-refractivity contribution in [1.29, 1.82) is 0 Å². The molecule has 1 aliphatic heterocycles. The van der Waals surface area contributed by atoms with Gasteiger partial charge in [-0.1, -0.05) is 19.8 Å². The molecule has 0 bridgehead atoms. The largest absolute Gasteiger partial charge is 0.450 e. The lowest BCUT2D eigenvalue weighted by atomic mass is 10.0. The first-order valence-electron chi connectivity index (χ1n) is 6.63. The molecule has 0 saturated carbocycles. The van der Waals surface area contributed by atoms with E-state index in [2.05, 4.69) is 18.7 Å². The van der Waals surface area contributed by atoms with Gasteiger partial charge in [-0.3, -0.25) is 0 Å². The zero-order chi connectivity index (χ0) is 15.8. The van der Waals surface area contributed by atoms with Crippen LogP contribution in [0.2, 0.25) is 0 Å². The van der Waals surface area contributed by atoms with E-state index < -0.39 is 22.8 Å². The van der Waals surface area contributed by atoms with Gasteiger partial charge in [0.15, 0.2) is 0 Å². The Labute approximate surface area is 120 Å². The Hall–Kier alpha value is -0.110. The fourth-order valence-electron chi connectivity index (χ4n) is 1.98. The first kappa shape index (κ1) is 19.9. The summed E-state index contributed by atoms with van der Waals surface area (Å²) in [6, 6.07) is 0.857. The number of piperidine rings is 1. The van der Waals surface area contributed by atoms with Crippen molar-refractivity contribution in [2.75, 3.05) is 13.1 Å². The number of hydrogen-bond donors (Lipinski definition) is 0. The van der Waals surface area contributed by atoms with Crippen molar-refractivity contribution in [2.24, 2.45) is 0 Å². The summed E-state index contributed by atoms with van der Waals surface area (Å²) in [5, 5.41) is 0. The number of likely N-dealkylation sites (tertiary alicyclic amines) is 1. The fraction of sp³-hybridized carbons (Fsp3) is 1.00. The topological polar surface area (TPSA) is 3.24 Å². The fourth-order valence-corrected chi connectivity index (χ4v) is 2.24. The molecular formula is C12H21F6NS. The van der Waals surface area contributed by atoms with Gasteiger partial charge in [0.2, 0.25) is 0 Å². The molecule has 0 spiro atoms. The molecule has 1 aliphatic rings. The van der Waals surface area contributed by atoms with Gasteiger partial charge >= 0.3 is 11.0 Å². The van der Waals surface area contributed by atoms with Gasteiger partial charge in [-0.25, -0.2) is 0 Å². The van der Waals surface area contributed by atoms with Gasteiger partial charge < -0.3 is 4.90 Å². The average Bonchev–Trinajstić information content (AvgIpc) is 2.24. The number of nitrogens with zero attached hydrogens (tertiary/aromatic N) is 1. The maximum absolute atomic E-state index is 10.8. The lowest BCUT2D eigenvalue weighted by Crippen LogP contribution is -2.37. The van der Waals surface area contributed by atoms with Crippen LogP contribution in [-0.2, 0) is 0 Å². The van der Waals surface area contributed by atoms with Crippen LogP contribution >= 0.6 is 11.8 Å². The van der Waals surface area contributed by atoms with Gasteiger partial charge in [0, 0.05) is 6.04 Å². The summed E-state index contributed by atoms with van der Waals surface area (Å²) in [5.74, 6) is 0. The van der Waals surface area contributed by atoms with Crippen molar-refractivity contribution in [3.05, 3.63) is 0 Å². The Kier molecular flexibility index (Phi) is 8.97. The van der Waals surface area contributed by atoms with E-state index in [4.69, 9.17) is 0 Å². The minimum absolute atomic E-state index is 0.857. The maximum Gasteiger partial charge on any atom is 0.450 e. The second-order valence-corrected chi connectivity index (χ2v) is 5.86. The van der Waals surface area contributed by atoms with Crippen molar-refractivity contribution in [3.8, 4) is 0 Å². The molecule has 1 rings (SSSR count). The summed E-state index contributed by atoms with van der Waals surface area (Å²) in [5.41, 5.74) is -10.4. The molecule has 0 amide bonds. The lowest BCUT2D eigenvalue weighted by Gasteiger charge is -2.33. The van der Waals surface area contributed by atoms with Gasteiger partial charge in [-0.15, -0.1) is 0 Å². The number of thioether (sulfide) groups is 1. The highest BCUT2D eigenvalue weighted by Gasteiger charge is 2.45. The van der Waals surface area contributed by atoms with E-state index in [0.717, 1.165) is 6.04 Å². The third-order valence-corrected chi connectivity index (χ3v) is 3.43. The third-order valence-electron chi connectivity index (χ3n) is 2.97. The molecule has 122 valence electrons. The van der Waals surface area contributed by atoms with Crippen molar-refractivity contribution in [2.45, 2.75) is 63.0 Å². The van der Waals surface area contributed by atoms with Crippen LogP contribution in [0.15, 0.2) is 0 Å². The van der Waals surface area contributed by atoms with Gasteiger partial charge in [-0.05, 0) is 39.3 Å². The van der Waals surface area contributed by atoms with Crippen LogP contribution in [0.5, 0.6) is 0 Å². The van der Waals surface area contributed by atoms with E-state index in [1.165, 1.54) is 45.2 Å². The van der Waals surface area contributed by atoms with Crippen LogP contribution in [0, 0.1) is 0 Å². The molecule has 0 aromatic rings. The number of halogens is 6. The van der Waals surface area contributed by atoms with Gasteiger partial charge in [-0.2, -0.15) is 26.3 Å². The molecule has 0 N–H and O–H groups in total. The third kappa shape index (κ3) is 11.7. The van der Waals surface area contributed by atoms with Crippen LogP contribution in [0.4, 0.5) is 26.3 Å². The molecule has 0 aliphatic carbocycles. The van der Waals surface area contributed by atoms with Gasteiger partial charge in [0.05, 0.1) is 11.8 Å². The molecule has 0 aromatic heterocycles. The molecular weight excluding hydrogens is 304 g/mol. The Morgan fingerprint density at radius 2 is 1.60 bits per heavy atom. The predicted octanol–water partition coefficient (Wildman–Crippen LogP) is 5.42. The maximum atomic E-state index is 10.8. The summed E-state index contributed by atoms with van der Waals surface area (Å²) < 4.78 is 64.8. The van der Waals surface area contributed by atoms with Crippen LogP contribution in [0.1, 0.15) is 46.0 Å². The number of unbranched alkanes of at least 4 members (excludes halogenated alkanes) is 1. The van der Waals surface area contributed by atoms with E-state index in [9.17, 15) is 26.3 Å². The Morgan fingerprint density at radius 1 is 1.05 bits per heavy atom. The predicted molar refractivity (Wildman–Crippen MR) is 69.5 cm³/mol. The van der Waals surface area contributed by atoms with Crippen molar-refractivity contribution in [1.82, 2.24) is 4.90 Å². The lowest BCUT2D eigenvalue weighted by molar-refractivity contribution is -0.0696. The summed E-state index contributed by atoms with van der Waals surface area (Å²) >= 11 is -1.99. The summed E-state index contributed by atoms with van der Waals surface area (Å²) in [7, 11) is 0. The van der Waals surface area contributed by atoms with E-state index in [1.807, 2.05) is 0 Å². The van der Waals surface area contributed by atoms with Crippen molar-refractivity contribution >= 4 is 11.8 Å². The number of alkyl halides is 6. The van der Waals surface area contributed by atoms with Gasteiger partial charge in [0.1, 0.15) is 0 Å². The first-order chi connectivity index (χ1) is 9.05. The molecule has 20 heavy (non-hydrogen) atoms. The average molecular weight is 325 g/mol. The molecule has 0 radical (unpaired) electrons. The van der Waals surface area contributed by atoms with E-state index in [0.29, 0.717) is 0 Å². The highest BCUT2D eigenvalue weighted by atomic mass is 32.2. The molecule has 1 saturated heterocycles. The summed E-state index contributed by atoms with van der Waals surface area (Å²) in [6.07, 6.45) is 7.01. The smallest absolute Gasteiger partial charge is 0.301 e. The highest BCUT2D eigenvalue weighted by molar-refractivity contribution is 8.00. The van der Waals surface area contributed by atoms with Crippen LogP contribution in [0.3, 0.4) is 0 Å². The Bertz CT molecular complexity index is 241. The second kappa shape index (κ2) is 9.02. The zero-order valence-electron chi connectivity index (χ0n) is 11.7. The SMILES string of the molecule is CCCCN1CCCCC1C.FC(F)(F)SC(F)(F)F. The molecule has 0 aromatic carbocycles. The van der Waals surface area contributed by atoms with E-state index >= 15 is 0 Å². The van der Waals surface area contributed by atoms with Crippen LogP contribution in [-0.4, -0.2) is 35.0 Å². The van der Waals surface area contributed by atoms with Crippen LogP contribution < -0.4 is 0 Å². The molecule has 1 unspecified atom stereocenters. The second-order valence-electron chi connectivity index (χ2n) is 4.73. The van der Waals surface area contributed by atoms with Crippen molar-refractivity contribution in [3.63, 3.8) is 0 Å². The van der Waals surface area contributed by atoms with Crippen molar-refractivity contribution < 1.29 is 26.3 Å². The molecule has 1 fully saturated rings. The molecule has 1 atom stereocenters. The molecule has 1 nitrogen and oxygen atoms in total. The Morgan fingerprint density at radius 3 is 1.95 bits per heavy atom. The highest BCUT2D eigenvalue weighted by Crippen LogP contribution is 2.43. The summed E-state index contributed by atoms with van der Waals surface area (Å²) in [4.78, 5) is 2.65. The van der Waals surface area contributed by atoms with E-state index in [-0.39, 0.29) is 0 Å². The van der Waals surface area contributed by atoms with Gasteiger partial charge in [0.25, 0.3) is 0 Å². The monoisotopic (exact) mass is 325 g/mol. The normalized spacial score (nSPS) is 21.3. The molecule has 1 heterocycles. The summed E-state index contributed by atoms with van der Waals surface area (Å²) in [6.45, 7) is 7.32. The first-order valence-corrected chi connectivity index (χ1v) is 7.44.